The minimum atomic E-state index is 0.273. The lowest BCUT2D eigenvalue weighted by Crippen LogP contribution is -2.34. The Bertz CT molecular complexity index is 689. The Morgan fingerprint density at radius 3 is 3.11 bits per heavy atom. The maximum Gasteiger partial charge on any atom is 0.401 e. The summed E-state index contributed by atoms with van der Waals surface area (Å²) >= 11 is 0. The summed E-state index contributed by atoms with van der Waals surface area (Å²) in [7, 11) is 1.63. The van der Waals surface area contributed by atoms with Crippen molar-refractivity contribution in [3.63, 3.8) is 0 Å². The van der Waals surface area contributed by atoms with Gasteiger partial charge in [-0.2, -0.15) is 4.73 Å². The lowest BCUT2D eigenvalue weighted by atomic mass is 9.76. The molecule has 0 aromatic carbocycles. The van der Waals surface area contributed by atoms with Crippen LogP contribution in [0.4, 0.5) is 0 Å². The van der Waals surface area contributed by atoms with Crippen LogP contribution in [-0.2, 0) is 0 Å². The van der Waals surface area contributed by atoms with Gasteiger partial charge in [0.25, 0.3) is 0 Å². The Morgan fingerprint density at radius 1 is 1.47 bits per heavy atom. The van der Waals surface area contributed by atoms with Gasteiger partial charge in [0, 0.05) is 23.2 Å². The molecule has 3 N–H and O–H groups in total. The first-order valence-corrected chi connectivity index (χ1v) is 6.39. The van der Waals surface area contributed by atoms with Crippen LogP contribution in [0.2, 0.25) is 0 Å². The SMILES string of the molecule is NC1CC(c2cn(O)c3ncc4c(c23)C=C[B]O4)C1. The predicted octanol–water partition coefficient (Wildman–Crippen LogP) is 1.46. The van der Waals surface area contributed by atoms with Crippen LogP contribution in [0.15, 0.2) is 18.4 Å². The van der Waals surface area contributed by atoms with Crippen LogP contribution in [-0.4, -0.2) is 28.4 Å². The van der Waals surface area contributed by atoms with E-state index in [4.69, 9.17) is 10.4 Å². The first kappa shape index (κ1) is 10.9. The molecule has 2 aromatic heterocycles. The Labute approximate surface area is 110 Å². The molecule has 0 amide bonds. The van der Waals surface area contributed by atoms with Crippen molar-refractivity contribution in [1.29, 1.82) is 0 Å². The van der Waals surface area contributed by atoms with Crippen molar-refractivity contribution in [2.45, 2.75) is 24.8 Å². The summed E-state index contributed by atoms with van der Waals surface area (Å²) in [5.41, 5.74) is 8.53. The Balaban J connectivity index is 1.96. The Kier molecular flexibility index (Phi) is 2.17. The number of hydrogen-bond acceptors (Lipinski definition) is 4. The lowest BCUT2D eigenvalue weighted by molar-refractivity contribution is 0.196. The average Bonchev–Trinajstić information content (AvgIpc) is 2.73. The van der Waals surface area contributed by atoms with Gasteiger partial charge in [0.2, 0.25) is 0 Å². The molecule has 2 aromatic rings. The largest absolute Gasteiger partial charge is 0.557 e. The molecule has 1 saturated carbocycles. The summed E-state index contributed by atoms with van der Waals surface area (Å²) in [5, 5.41) is 11.0. The van der Waals surface area contributed by atoms with Gasteiger partial charge < -0.3 is 15.6 Å². The van der Waals surface area contributed by atoms with Crippen molar-refractivity contribution < 1.29 is 9.86 Å². The smallest absolute Gasteiger partial charge is 0.401 e. The Hall–Kier alpha value is -1.95. The number of fused-ring (bicyclic) bond motifs is 3. The van der Waals surface area contributed by atoms with E-state index in [0.29, 0.717) is 11.6 Å². The van der Waals surface area contributed by atoms with E-state index < -0.39 is 0 Å². The van der Waals surface area contributed by atoms with Crippen molar-refractivity contribution in [2.75, 3.05) is 0 Å². The lowest BCUT2D eigenvalue weighted by Gasteiger charge is -2.32. The minimum Gasteiger partial charge on any atom is -0.557 e. The van der Waals surface area contributed by atoms with Gasteiger partial charge >= 0.3 is 7.48 Å². The molecule has 2 aliphatic rings. The van der Waals surface area contributed by atoms with Crippen molar-refractivity contribution in [1.82, 2.24) is 9.71 Å². The highest BCUT2D eigenvalue weighted by molar-refractivity contribution is 6.38. The molecule has 0 spiro atoms. The molecule has 0 saturated heterocycles. The molecule has 6 heteroatoms. The number of pyridine rings is 1. The molecule has 0 atom stereocenters. The zero-order valence-electron chi connectivity index (χ0n) is 10.3. The summed E-state index contributed by atoms with van der Waals surface area (Å²) in [6, 6.07) is 0.273. The molecule has 3 heterocycles. The maximum absolute atomic E-state index is 9.98. The summed E-state index contributed by atoms with van der Waals surface area (Å²) < 4.78 is 6.56. The third-order valence-electron chi connectivity index (χ3n) is 3.98. The number of nitrogens with zero attached hydrogens (tertiary/aromatic N) is 2. The number of aromatic nitrogens is 2. The van der Waals surface area contributed by atoms with Crippen LogP contribution in [0.1, 0.15) is 29.9 Å². The molecule has 1 fully saturated rings. The first-order valence-electron chi connectivity index (χ1n) is 6.39. The van der Waals surface area contributed by atoms with Gasteiger partial charge in [0.05, 0.1) is 6.20 Å². The van der Waals surface area contributed by atoms with E-state index in [2.05, 4.69) is 4.98 Å². The standard InChI is InChI=1S/C13H13BN3O2/c15-8-3-7(4-8)10-6-17(18)13-12(10)9-1-2-14-19-11(9)5-16-13/h1-2,5-8,18H,3-4,15H2. The highest BCUT2D eigenvalue weighted by Crippen LogP contribution is 2.42. The third kappa shape index (κ3) is 1.50. The van der Waals surface area contributed by atoms with Gasteiger partial charge in [-0.05, 0) is 24.3 Å². The zero-order chi connectivity index (χ0) is 13.0. The normalized spacial score (nSPS) is 24.5. The highest BCUT2D eigenvalue weighted by atomic mass is 16.5. The minimum absolute atomic E-state index is 0.273. The molecule has 5 nitrogen and oxygen atoms in total. The summed E-state index contributed by atoms with van der Waals surface area (Å²) in [4.78, 5) is 4.28. The topological polar surface area (TPSA) is 73.3 Å². The number of nitrogens with two attached hydrogens (primary N) is 1. The molecule has 0 bridgehead atoms. The fraction of sp³-hybridized carbons (Fsp3) is 0.308. The molecular weight excluding hydrogens is 241 g/mol. The van der Waals surface area contributed by atoms with Gasteiger partial charge in [0.15, 0.2) is 5.65 Å². The van der Waals surface area contributed by atoms with E-state index in [0.717, 1.165) is 39.8 Å². The molecule has 1 radical (unpaired) electrons. The van der Waals surface area contributed by atoms with E-state index in [-0.39, 0.29) is 6.04 Å². The van der Waals surface area contributed by atoms with Crippen molar-refractivity contribution in [3.05, 3.63) is 29.5 Å². The molecule has 19 heavy (non-hydrogen) atoms. The number of rotatable bonds is 1. The fourth-order valence-corrected chi connectivity index (χ4v) is 2.95. The van der Waals surface area contributed by atoms with E-state index in [1.165, 1.54) is 0 Å². The average molecular weight is 254 g/mol. The van der Waals surface area contributed by atoms with E-state index >= 15 is 0 Å². The van der Waals surface area contributed by atoms with Gasteiger partial charge in [-0.3, -0.25) is 0 Å². The van der Waals surface area contributed by atoms with Crippen molar-refractivity contribution in [2.24, 2.45) is 5.73 Å². The van der Waals surface area contributed by atoms with E-state index in [9.17, 15) is 5.21 Å². The summed E-state index contributed by atoms with van der Waals surface area (Å²) in [6.45, 7) is 0. The molecule has 1 aliphatic carbocycles. The predicted molar refractivity (Wildman–Crippen MR) is 72.3 cm³/mol. The van der Waals surface area contributed by atoms with E-state index in [1.807, 2.05) is 12.1 Å². The summed E-state index contributed by atoms with van der Waals surface area (Å²) in [5.74, 6) is 2.98. The van der Waals surface area contributed by atoms with Crippen molar-refractivity contribution >= 4 is 24.6 Å². The second-order valence-electron chi connectivity index (χ2n) is 5.21. The summed E-state index contributed by atoms with van der Waals surface area (Å²) in [6.07, 6.45) is 7.30. The molecule has 0 unspecified atom stereocenters. The van der Waals surface area contributed by atoms with Gasteiger partial charge in [-0.1, -0.05) is 12.1 Å². The molecule has 1 aliphatic heterocycles. The van der Waals surface area contributed by atoms with Crippen molar-refractivity contribution in [3.8, 4) is 5.75 Å². The zero-order valence-corrected chi connectivity index (χ0v) is 10.3. The molecule has 95 valence electrons. The monoisotopic (exact) mass is 254 g/mol. The molecule has 4 rings (SSSR count). The van der Waals surface area contributed by atoms with Crippen LogP contribution < -0.4 is 10.4 Å². The Morgan fingerprint density at radius 2 is 2.32 bits per heavy atom. The van der Waals surface area contributed by atoms with Gasteiger partial charge in [0.1, 0.15) is 5.75 Å². The second-order valence-corrected chi connectivity index (χ2v) is 5.21. The van der Waals surface area contributed by atoms with Gasteiger partial charge in [-0.15, -0.1) is 0 Å². The highest BCUT2D eigenvalue weighted by Gasteiger charge is 2.31. The number of hydrogen-bond donors (Lipinski definition) is 2. The maximum atomic E-state index is 9.98. The fourth-order valence-electron chi connectivity index (χ4n) is 2.95. The van der Waals surface area contributed by atoms with E-state index in [1.54, 1.807) is 19.9 Å². The van der Waals surface area contributed by atoms with Crippen LogP contribution in [0, 0.1) is 0 Å². The second kappa shape index (κ2) is 3.77. The first-order chi connectivity index (χ1) is 9.24. The van der Waals surface area contributed by atoms with Crippen LogP contribution in [0.5, 0.6) is 5.75 Å². The third-order valence-corrected chi connectivity index (χ3v) is 3.98. The quantitative estimate of drug-likeness (QED) is 0.596. The van der Waals surface area contributed by atoms with Crippen LogP contribution in [0.25, 0.3) is 17.1 Å². The van der Waals surface area contributed by atoms with Gasteiger partial charge in [-0.25, -0.2) is 4.98 Å². The van der Waals surface area contributed by atoms with Crippen LogP contribution >= 0.6 is 0 Å². The van der Waals surface area contributed by atoms with Crippen LogP contribution in [0.3, 0.4) is 0 Å². The molecular formula is C13H13BN3O2.